The first-order chi connectivity index (χ1) is 12.2. The highest BCUT2D eigenvalue weighted by atomic mass is 28.4. The van der Waals surface area contributed by atoms with Gasteiger partial charge in [-0.05, 0) is 37.9 Å². The van der Waals surface area contributed by atoms with Crippen molar-refractivity contribution in [3.05, 3.63) is 35.9 Å². The summed E-state index contributed by atoms with van der Waals surface area (Å²) in [5.41, 5.74) is 1.87. The van der Waals surface area contributed by atoms with Gasteiger partial charge in [0.1, 0.15) is 0 Å². The standard InChI is InChI=1S/C21H37NO2Si/c1-23-25(3,24-2)21-16-12-7-5-4-6-8-13-18-22(21)19-17-20-14-10-9-11-15-20/h9-11,14-15,21H,4-8,12-13,16-19H2,1-3H3. The van der Waals surface area contributed by atoms with E-state index in [2.05, 4.69) is 41.8 Å². The minimum atomic E-state index is -2.18. The summed E-state index contributed by atoms with van der Waals surface area (Å²) in [5, 5.41) is 0. The molecular weight excluding hydrogens is 326 g/mol. The molecule has 0 bridgehead atoms. The Balaban J connectivity index is 2.12. The molecule has 1 atom stereocenters. The Labute approximate surface area is 156 Å². The second-order valence-corrected chi connectivity index (χ2v) is 11.0. The highest BCUT2D eigenvalue weighted by Crippen LogP contribution is 2.25. The summed E-state index contributed by atoms with van der Waals surface area (Å²) in [6, 6.07) is 10.9. The Morgan fingerprint density at radius 1 is 0.920 bits per heavy atom. The lowest BCUT2D eigenvalue weighted by atomic mass is 10.1. The third kappa shape index (κ3) is 6.52. The topological polar surface area (TPSA) is 21.7 Å². The molecule has 0 radical (unpaired) electrons. The van der Waals surface area contributed by atoms with Gasteiger partial charge in [-0.15, -0.1) is 0 Å². The van der Waals surface area contributed by atoms with Crippen LogP contribution in [0.25, 0.3) is 0 Å². The van der Waals surface area contributed by atoms with Crippen LogP contribution in [-0.4, -0.2) is 46.4 Å². The van der Waals surface area contributed by atoms with Crippen LogP contribution in [0.2, 0.25) is 6.55 Å². The van der Waals surface area contributed by atoms with Crippen molar-refractivity contribution in [2.45, 2.75) is 70.0 Å². The van der Waals surface area contributed by atoms with Gasteiger partial charge in [-0.2, -0.15) is 0 Å². The van der Waals surface area contributed by atoms with Gasteiger partial charge in [-0.25, -0.2) is 0 Å². The molecule has 1 fully saturated rings. The second kappa shape index (κ2) is 11.1. The summed E-state index contributed by atoms with van der Waals surface area (Å²) in [7, 11) is 1.51. The van der Waals surface area contributed by atoms with Crippen LogP contribution in [0, 0.1) is 0 Å². The smallest absolute Gasteiger partial charge is 0.352 e. The summed E-state index contributed by atoms with van der Waals surface area (Å²) in [5.74, 6) is 0. The van der Waals surface area contributed by atoms with Crippen LogP contribution < -0.4 is 0 Å². The average Bonchev–Trinajstić information content (AvgIpc) is 2.71. The van der Waals surface area contributed by atoms with Crippen molar-refractivity contribution in [2.75, 3.05) is 27.3 Å². The van der Waals surface area contributed by atoms with Crippen LogP contribution in [-0.2, 0) is 15.3 Å². The van der Waals surface area contributed by atoms with Crippen LogP contribution in [0.1, 0.15) is 56.9 Å². The van der Waals surface area contributed by atoms with Crippen molar-refractivity contribution in [1.82, 2.24) is 4.90 Å². The van der Waals surface area contributed by atoms with E-state index in [-0.39, 0.29) is 0 Å². The zero-order chi connectivity index (χ0) is 18.0. The van der Waals surface area contributed by atoms with Gasteiger partial charge in [-0.1, -0.05) is 68.9 Å². The Kier molecular flexibility index (Phi) is 9.17. The van der Waals surface area contributed by atoms with Crippen LogP contribution in [0.4, 0.5) is 0 Å². The van der Waals surface area contributed by atoms with Crippen molar-refractivity contribution in [3.63, 3.8) is 0 Å². The van der Waals surface area contributed by atoms with Crippen LogP contribution in [0.3, 0.4) is 0 Å². The van der Waals surface area contributed by atoms with Gasteiger partial charge >= 0.3 is 8.56 Å². The first-order valence-electron chi connectivity index (χ1n) is 10.1. The van der Waals surface area contributed by atoms with E-state index >= 15 is 0 Å². The van der Waals surface area contributed by atoms with Gasteiger partial charge in [-0.3, -0.25) is 4.90 Å². The maximum Gasteiger partial charge on any atom is 0.352 e. The molecular formula is C21H37NO2Si. The Hall–Kier alpha value is -0.683. The summed E-state index contributed by atoms with van der Waals surface area (Å²) in [4.78, 5) is 2.69. The van der Waals surface area contributed by atoms with Crippen molar-refractivity contribution < 1.29 is 8.85 Å². The lowest BCUT2D eigenvalue weighted by Gasteiger charge is -2.40. The average molecular weight is 364 g/mol. The molecule has 0 aromatic heterocycles. The van der Waals surface area contributed by atoms with Gasteiger partial charge in [0.25, 0.3) is 0 Å². The summed E-state index contributed by atoms with van der Waals surface area (Å²) < 4.78 is 12.0. The molecule has 0 spiro atoms. The Morgan fingerprint density at radius 3 is 2.16 bits per heavy atom. The lowest BCUT2D eigenvalue weighted by Crippen LogP contribution is -2.58. The largest absolute Gasteiger partial charge is 0.397 e. The number of benzene rings is 1. The maximum atomic E-state index is 5.98. The molecule has 4 heteroatoms. The number of hydrogen-bond donors (Lipinski definition) is 0. The zero-order valence-electron chi connectivity index (χ0n) is 16.5. The molecule has 1 aromatic rings. The van der Waals surface area contributed by atoms with E-state index in [1.165, 1.54) is 63.5 Å². The van der Waals surface area contributed by atoms with Gasteiger partial charge in [0.2, 0.25) is 0 Å². The monoisotopic (exact) mass is 363 g/mol. The molecule has 142 valence electrons. The lowest BCUT2D eigenvalue weighted by molar-refractivity contribution is 0.154. The molecule has 0 saturated carbocycles. The summed E-state index contributed by atoms with van der Waals surface area (Å²) >= 11 is 0. The molecule has 2 rings (SSSR count). The minimum Gasteiger partial charge on any atom is -0.397 e. The van der Waals surface area contributed by atoms with Gasteiger partial charge < -0.3 is 8.85 Å². The molecule has 1 heterocycles. The third-order valence-electron chi connectivity index (χ3n) is 5.81. The molecule has 3 nitrogen and oxygen atoms in total. The van der Waals surface area contributed by atoms with E-state index in [1.807, 2.05) is 14.2 Å². The predicted octanol–water partition coefficient (Wildman–Crippen LogP) is 4.94. The van der Waals surface area contributed by atoms with E-state index in [1.54, 1.807) is 0 Å². The fourth-order valence-electron chi connectivity index (χ4n) is 4.01. The van der Waals surface area contributed by atoms with Gasteiger partial charge in [0, 0.05) is 20.8 Å². The third-order valence-corrected chi connectivity index (χ3v) is 9.30. The number of nitrogens with zero attached hydrogens (tertiary/aromatic N) is 1. The van der Waals surface area contributed by atoms with Gasteiger partial charge in [0.15, 0.2) is 0 Å². The number of rotatable bonds is 6. The van der Waals surface area contributed by atoms with Crippen molar-refractivity contribution in [1.29, 1.82) is 0 Å². The van der Waals surface area contributed by atoms with Crippen LogP contribution in [0.15, 0.2) is 30.3 Å². The van der Waals surface area contributed by atoms with Crippen molar-refractivity contribution in [3.8, 4) is 0 Å². The molecule has 1 aliphatic rings. The minimum absolute atomic E-state index is 0.448. The van der Waals surface area contributed by atoms with E-state index in [9.17, 15) is 0 Å². The Bertz CT molecular complexity index is 464. The second-order valence-electron chi connectivity index (χ2n) is 7.48. The fraction of sp³-hybridized carbons (Fsp3) is 0.714. The molecule has 0 N–H and O–H groups in total. The van der Waals surface area contributed by atoms with Crippen molar-refractivity contribution in [2.24, 2.45) is 0 Å². The maximum absolute atomic E-state index is 5.98. The van der Waals surface area contributed by atoms with E-state index in [4.69, 9.17) is 8.85 Å². The van der Waals surface area contributed by atoms with Crippen molar-refractivity contribution >= 4 is 8.56 Å². The van der Waals surface area contributed by atoms with E-state index < -0.39 is 8.56 Å². The van der Waals surface area contributed by atoms with Crippen LogP contribution in [0.5, 0.6) is 0 Å². The quantitative estimate of drug-likeness (QED) is 0.668. The van der Waals surface area contributed by atoms with Crippen LogP contribution >= 0.6 is 0 Å². The highest BCUT2D eigenvalue weighted by Gasteiger charge is 2.42. The SMILES string of the molecule is CO[Si](C)(OC)C1CCCCCCCCCN1CCc1ccccc1. The molecule has 0 amide bonds. The zero-order valence-corrected chi connectivity index (χ0v) is 17.5. The molecule has 1 aromatic carbocycles. The fourth-order valence-corrected chi connectivity index (χ4v) is 6.37. The first kappa shape index (κ1) is 20.6. The first-order valence-corrected chi connectivity index (χ1v) is 12.5. The van der Waals surface area contributed by atoms with E-state index in [0.29, 0.717) is 5.67 Å². The Morgan fingerprint density at radius 2 is 1.52 bits per heavy atom. The predicted molar refractivity (Wildman–Crippen MR) is 108 cm³/mol. The summed E-state index contributed by atoms with van der Waals surface area (Å²) in [6.45, 7) is 4.52. The molecule has 1 saturated heterocycles. The van der Waals surface area contributed by atoms with E-state index in [0.717, 1.165) is 13.0 Å². The summed E-state index contributed by atoms with van der Waals surface area (Å²) in [6.07, 6.45) is 11.8. The molecule has 25 heavy (non-hydrogen) atoms. The highest BCUT2D eigenvalue weighted by molar-refractivity contribution is 6.67. The molecule has 0 aliphatic carbocycles. The number of hydrogen-bond acceptors (Lipinski definition) is 3. The van der Waals surface area contributed by atoms with Gasteiger partial charge in [0.05, 0.1) is 5.67 Å². The molecule has 1 aliphatic heterocycles. The molecule has 1 unspecified atom stereocenters. The normalized spacial score (nSPS) is 21.6.